The minimum atomic E-state index is 0.132. The highest BCUT2D eigenvalue weighted by atomic mass is 16.2. The van der Waals surface area contributed by atoms with E-state index >= 15 is 0 Å². The molecular weight excluding hydrogens is 202 g/mol. The molecule has 0 spiro atoms. The van der Waals surface area contributed by atoms with Crippen LogP contribution < -0.4 is 10.6 Å². The molecule has 0 aromatic carbocycles. The standard InChI is InChI=1S/C12H27N3O/c1-5-7-11(2)14-12(16)10-15(4)9-6-8-13-3/h11,13H,5-10H2,1-4H3,(H,14,16). The molecule has 4 heteroatoms. The number of carbonyl (C=O) groups is 1. The summed E-state index contributed by atoms with van der Waals surface area (Å²) in [5.41, 5.74) is 0. The molecule has 0 rings (SSSR count). The fourth-order valence-corrected chi connectivity index (χ4v) is 1.68. The number of likely N-dealkylation sites (N-methyl/N-ethyl adjacent to an activating group) is 1. The van der Waals surface area contributed by atoms with Gasteiger partial charge in [-0.15, -0.1) is 0 Å². The van der Waals surface area contributed by atoms with Crippen LogP contribution in [0.3, 0.4) is 0 Å². The molecule has 0 fully saturated rings. The normalized spacial score (nSPS) is 12.8. The van der Waals surface area contributed by atoms with Crippen LogP contribution in [0, 0.1) is 0 Å². The van der Waals surface area contributed by atoms with E-state index in [2.05, 4.69) is 29.4 Å². The van der Waals surface area contributed by atoms with Crippen LogP contribution >= 0.6 is 0 Å². The third kappa shape index (κ3) is 8.68. The molecule has 96 valence electrons. The van der Waals surface area contributed by atoms with E-state index < -0.39 is 0 Å². The van der Waals surface area contributed by atoms with E-state index in [1.54, 1.807) is 0 Å². The van der Waals surface area contributed by atoms with Crippen LogP contribution in [-0.2, 0) is 4.79 Å². The molecule has 0 radical (unpaired) electrons. The first-order chi connectivity index (χ1) is 7.60. The van der Waals surface area contributed by atoms with E-state index in [0.29, 0.717) is 12.6 Å². The second kappa shape index (κ2) is 9.60. The summed E-state index contributed by atoms with van der Waals surface area (Å²) < 4.78 is 0. The maximum Gasteiger partial charge on any atom is 0.234 e. The van der Waals surface area contributed by atoms with Crippen LogP contribution in [0.2, 0.25) is 0 Å². The first-order valence-electron chi connectivity index (χ1n) is 6.22. The van der Waals surface area contributed by atoms with Gasteiger partial charge in [0, 0.05) is 6.04 Å². The molecule has 0 bridgehead atoms. The Hall–Kier alpha value is -0.610. The van der Waals surface area contributed by atoms with E-state index in [-0.39, 0.29) is 5.91 Å². The Morgan fingerprint density at radius 1 is 1.44 bits per heavy atom. The fraction of sp³-hybridized carbons (Fsp3) is 0.917. The van der Waals surface area contributed by atoms with Crippen molar-refractivity contribution in [1.29, 1.82) is 0 Å². The molecule has 0 heterocycles. The first-order valence-corrected chi connectivity index (χ1v) is 6.22. The van der Waals surface area contributed by atoms with E-state index in [1.807, 2.05) is 14.1 Å². The lowest BCUT2D eigenvalue weighted by Gasteiger charge is -2.18. The number of nitrogens with zero attached hydrogens (tertiary/aromatic N) is 1. The van der Waals surface area contributed by atoms with Gasteiger partial charge in [0.2, 0.25) is 5.91 Å². The van der Waals surface area contributed by atoms with Crippen molar-refractivity contribution in [2.45, 2.75) is 39.2 Å². The molecule has 0 aromatic heterocycles. The average Bonchev–Trinajstić information content (AvgIpc) is 2.17. The Morgan fingerprint density at radius 2 is 2.12 bits per heavy atom. The van der Waals surface area contributed by atoms with Crippen LogP contribution in [0.25, 0.3) is 0 Å². The van der Waals surface area contributed by atoms with Crippen molar-refractivity contribution in [1.82, 2.24) is 15.5 Å². The Labute approximate surface area is 99.8 Å². The number of rotatable bonds is 9. The summed E-state index contributed by atoms with van der Waals surface area (Å²) in [5.74, 6) is 0.132. The van der Waals surface area contributed by atoms with Gasteiger partial charge < -0.3 is 10.6 Å². The molecule has 0 saturated heterocycles. The monoisotopic (exact) mass is 229 g/mol. The fourth-order valence-electron chi connectivity index (χ4n) is 1.68. The van der Waals surface area contributed by atoms with Gasteiger partial charge in [0.25, 0.3) is 0 Å². The van der Waals surface area contributed by atoms with Gasteiger partial charge >= 0.3 is 0 Å². The summed E-state index contributed by atoms with van der Waals surface area (Å²) in [6, 6.07) is 0.295. The molecule has 4 nitrogen and oxygen atoms in total. The van der Waals surface area contributed by atoms with Crippen molar-refractivity contribution in [3.63, 3.8) is 0 Å². The maximum absolute atomic E-state index is 11.6. The largest absolute Gasteiger partial charge is 0.353 e. The SMILES string of the molecule is CCCC(C)NC(=O)CN(C)CCCNC. The second-order valence-electron chi connectivity index (χ2n) is 4.45. The van der Waals surface area contributed by atoms with E-state index in [0.717, 1.165) is 32.4 Å². The highest BCUT2D eigenvalue weighted by molar-refractivity contribution is 5.78. The summed E-state index contributed by atoms with van der Waals surface area (Å²) >= 11 is 0. The van der Waals surface area contributed by atoms with Crippen LogP contribution in [0.1, 0.15) is 33.1 Å². The van der Waals surface area contributed by atoms with Crippen molar-refractivity contribution < 1.29 is 4.79 Å². The van der Waals surface area contributed by atoms with Gasteiger partial charge in [0.1, 0.15) is 0 Å². The lowest BCUT2D eigenvalue weighted by Crippen LogP contribution is -2.40. The number of nitrogens with one attached hydrogen (secondary N) is 2. The molecule has 1 atom stereocenters. The molecule has 1 unspecified atom stereocenters. The topological polar surface area (TPSA) is 44.4 Å². The van der Waals surface area contributed by atoms with E-state index in [4.69, 9.17) is 0 Å². The van der Waals surface area contributed by atoms with Gasteiger partial charge in [-0.05, 0) is 47.0 Å². The lowest BCUT2D eigenvalue weighted by atomic mass is 10.2. The number of hydrogen-bond acceptors (Lipinski definition) is 3. The average molecular weight is 229 g/mol. The first kappa shape index (κ1) is 15.4. The van der Waals surface area contributed by atoms with Gasteiger partial charge in [-0.1, -0.05) is 13.3 Å². The predicted molar refractivity (Wildman–Crippen MR) is 68.6 cm³/mol. The van der Waals surface area contributed by atoms with Gasteiger partial charge in [0.05, 0.1) is 6.54 Å². The van der Waals surface area contributed by atoms with Gasteiger partial charge in [-0.25, -0.2) is 0 Å². The molecule has 0 saturated carbocycles. The zero-order valence-electron chi connectivity index (χ0n) is 11.2. The third-order valence-electron chi connectivity index (χ3n) is 2.51. The molecule has 1 amide bonds. The van der Waals surface area contributed by atoms with Crippen LogP contribution in [0.5, 0.6) is 0 Å². The summed E-state index contributed by atoms with van der Waals surface area (Å²) in [4.78, 5) is 13.7. The summed E-state index contributed by atoms with van der Waals surface area (Å²) in [5, 5.41) is 6.10. The molecule has 16 heavy (non-hydrogen) atoms. The Balaban J connectivity index is 3.61. The van der Waals surface area contributed by atoms with Gasteiger partial charge in [-0.2, -0.15) is 0 Å². The lowest BCUT2D eigenvalue weighted by molar-refractivity contribution is -0.122. The van der Waals surface area contributed by atoms with Gasteiger partial charge in [-0.3, -0.25) is 9.69 Å². The van der Waals surface area contributed by atoms with Crippen LogP contribution in [0.15, 0.2) is 0 Å². The number of carbonyl (C=O) groups excluding carboxylic acids is 1. The van der Waals surface area contributed by atoms with Crippen molar-refractivity contribution in [3.05, 3.63) is 0 Å². The molecular formula is C12H27N3O. The van der Waals surface area contributed by atoms with Crippen molar-refractivity contribution in [2.24, 2.45) is 0 Å². The van der Waals surface area contributed by atoms with Crippen molar-refractivity contribution in [2.75, 3.05) is 33.7 Å². The predicted octanol–water partition coefficient (Wildman–Crippen LogP) is 0.833. The third-order valence-corrected chi connectivity index (χ3v) is 2.51. The Bertz CT molecular complexity index is 185. The number of hydrogen-bond donors (Lipinski definition) is 2. The molecule has 0 aliphatic carbocycles. The summed E-state index contributed by atoms with van der Waals surface area (Å²) in [6.07, 6.45) is 3.24. The number of amides is 1. The maximum atomic E-state index is 11.6. The highest BCUT2D eigenvalue weighted by Gasteiger charge is 2.08. The minimum absolute atomic E-state index is 0.132. The molecule has 0 aromatic rings. The van der Waals surface area contributed by atoms with Crippen LogP contribution in [-0.4, -0.2) is 50.6 Å². The Morgan fingerprint density at radius 3 is 2.69 bits per heavy atom. The smallest absolute Gasteiger partial charge is 0.234 e. The Kier molecular flexibility index (Phi) is 9.24. The summed E-state index contributed by atoms with van der Waals surface area (Å²) in [6.45, 7) is 6.64. The van der Waals surface area contributed by atoms with E-state index in [1.165, 1.54) is 0 Å². The second-order valence-corrected chi connectivity index (χ2v) is 4.45. The van der Waals surface area contributed by atoms with Crippen molar-refractivity contribution in [3.8, 4) is 0 Å². The van der Waals surface area contributed by atoms with E-state index in [9.17, 15) is 4.79 Å². The zero-order valence-corrected chi connectivity index (χ0v) is 11.2. The highest BCUT2D eigenvalue weighted by Crippen LogP contribution is 1.95. The minimum Gasteiger partial charge on any atom is -0.353 e. The van der Waals surface area contributed by atoms with Crippen molar-refractivity contribution >= 4 is 5.91 Å². The molecule has 0 aliphatic rings. The van der Waals surface area contributed by atoms with Gasteiger partial charge in [0.15, 0.2) is 0 Å². The quantitative estimate of drug-likeness (QED) is 0.576. The molecule has 2 N–H and O–H groups in total. The summed E-state index contributed by atoms with van der Waals surface area (Å²) in [7, 11) is 3.93. The zero-order chi connectivity index (χ0) is 12.4. The van der Waals surface area contributed by atoms with Crippen LogP contribution in [0.4, 0.5) is 0 Å². The molecule has 0 aliphatic heterocycles.